The van der Waals surface area contributed by atoms with Gasteiger partial charge in [0, 0.05) is 5.02 Å². The maximum Gasteiger partial charge on any atom is 0.210 e. The van der Waals surface area contributed by atoms with Crippen LogP contribution in [0.25, 0.3) is 0 Å². The van der Waals surface area contributed by atoms with Crippen LogP contribution in [0.4, 0.5) is 0 Å². The SMILES string of the molecule is Clc1ccc(C(Cl)C(Cl)(Cl)Cl)cc1. The van der Waals surface area contributed by atoms with Crippen molar-refractivity contribution in [3.8, 4) is 0 Å². The molecule has 1 rings (SSSR count). The lowest BCUT2D eigenvalue weighted by atomic mass is 10.2. The van der Waals surface area contributed by atoms with Crippen molar-refractivity contribution >= 4 is 58.0 Å². The molecule has 0 N–H and O–H groups in total. The minimum Gasteiger partial charge on any atom is -0.113 e. The van der Waals surface area contributed by atoms with Gasteiger partial charge in [0.1, 0.15) is 5.38 Å². The molecule has 1 atom stereocenters. The van der Waals surface area contributed by atoms with Crippen molar-refractivity contribution in [1.29, 1.82) is 0 Å². The molecule has 0 saturated carbocycles. The van der Waals surface area contributed by atoms with Gasteiger partial charge in [0.05, 0.1) is 0 Å². The van der Waals surface area contributed by atoms with Crippen LogP contribution in [0.2, 0.25) is 5.02 Å². The van der Waals surface area contributed by atoms with Gasteiger partial charge in [0.25, 0.3) is 0 Å². The highest BCUT2D eigenvalue weighted by molar-refractivity contribution is 6.70. The van der Waals surface area contributed by atoms with Crippen LogP contribution in [0.3, 0.4) is 0 Å². The molecule has 0 bridgehead atoms. The zero-order chi connectivity index (χ0) is 10.1. The summed E-state index contributed by atoms with van der Waals surface area (Å²) < 4.78 is -1.50. The molecule has 0 aliphatic heterocycles. The van der Waals surface area contributed by atoms with Crippen molar-refractivity contribution in [2.24, 2.45) is 0 Å². The molecule has 1 aromatic rings. The Bertz CT molecular complexity index is 274. The van der Waals surface area contributed by atoms with E-state index in [-0.39, 0.29) is 0 Å². The van der Waals surface area contributed by atoms with Crippen molar-refractivity contribution in [3.63, 3.8) is 0 Å². The van der Waals surface area contributed by atoms with Gasteiger partial charge in [0.15, 0.2) is 0 Å². The number of hydrogen-bond donors (Lipinski definition) is 0. The fourth-order valence-electron chi connectivity index (χ4n) is 0.821. The van der Waals surface area contributed by atoms with Gasteiger partial charge in [0.2, 0.25) is 3.79 Å². The highest BCUT2D eigenvalue weighted by Gasteiger charge is 2.31. The van der Waals surface area contributed by atoms with E-state index in [0.29, 0.717) is 5.02 Å². The third-order valence-electron chi connectivity index (χ3n) is 1.45. The average Bonchev–Trinajstić information content (AvgIpc) is 2.03. The van der Waals surface area contributed by atoms with Crippen LogP contribution in [0.15, 0.2) is 24.3 Å². The normalized spacial score (nSPS) is 14.2. The van der Waals surface area contributed by atoms with Crippen LogP contribution >= 0.6 is 58.0 Å². The third kappa shape index (κ3) is 3.38. The number of halogens is 5. The maximum absolute atomic E-state index is 5.90. The average molecular weight is 278 g/mol. The second kappa shape index (κ2) is 4.46. The molecule has 0 amide bonds. The molecule has 0 spiro atoms. The molecule has 0 saturated heterocycles. The second-order valence-corrected chi connectivity index (χ2v) is 5.70. The zero-order valence-electron chi connectivity index (χ0n) is 6.28. The van der Waals surface area contributed by atoms with E-state index in [1.54, 1.807) is 24.3 Å². The summed E-state index contributed by atoms with van der Waals surface area (Å²) in [6.45, 7) is 0. The lowest BCUT2D eigenvalue weighted by Gasteiger charge is -2.17. The van der Waals surface area contributed by atoms with Gasteiger partial charge in [-0.2, -0.15) is 0 Å². The smallest absolute Gasteiger partial charge is 0.113 e. The van der Waals surface area contributed by atoms with E-state index < -0.39 is 9.17 Å². The zero-order valence-corrected chi connectivity index (χ0v) is 10.1. The number of hydrogen-bond acceptors (Lipinski definition) is 0. The second-order valence-electron chi connectivity index (χ2n) is 2.46. The van der Waals surface area contributed by atoms with E-state index in [2.05, 4.69) is 0 Å². The molecule has 0 nitrogen and oxygen atoms in total. The summed E-state index contributed by atoms with van der Waals surface area (Å²) >= 11 is 28.5. The Kier molecular flexibility index (Phi) is 4.03. The summed E-state index contributed by atoms with van der Waals surface area (Å²) in [5.41, 5.74) is 0.728. The molecular weight excluding hydrogens is 273 g/mol. The van der Waals surface area contributed by atoms with Crippen molar-refractivity contribution in [3.05, 3.63) is 34.9 Å². The van der Waals surface area contributed by atoms with E-state index in [1.165, 1.54) is 0 Å². The van der Waals surface area contributed by atoms with E-state index in [1.807, 2.05) is 0 Å². The molecule has 13 heavy (non-hydrogen) atoms. The highest BCUT2D eigenvalue weighted by atomic mass is 35.6. The Labute approximate surface area is 102 Å². The van der Waals surface area contributed by atoms with Gasteiger partial charge >= 0.3 is 0 Å². The molecule has 0 aromatic heterocycles. The molecule has 1 aromatic carbocycles. The molecule has 1 unspecified atom stereocenters. The van der Waals surface area contributed by atoms with Gasteiger partial charge in [-0.3, -0.25) is 0 Å². The van der Waals surface area contributed by atoms with Crippen LogP contribution < -0.4 is 0 Å². The van der Waals surface area contributed by atoms with E-state index >= 15 is 0 Å². The first kappa shape index (κ1) is 11.7. The highest BCUT2D eigenvalue weighted by Crippen LogP contribution is 2.44. The predicted octanol–water partition coefficient (Wildman–Crippen LogP) is 4.99. The predicted molar refractivity (Wildman–Crippen MR) is 60.3 cm³/mol. The first-order valence-electron chi connectivity index (χ1n) is 3.37. The van der Waals surface area contributed by atoms with Gasteiger partial charge < -0.3 is 0 Å². The summed E-state index contributed by atoms with van der Waals surface area (Å²) in [6, 6.07) is 6.84. The van der Waals surface area contributed by atoms with Gasteiger partial charge in [-0.1, -0.05) is 58.5 Å². The van der Waals surface area contributed by atoms with Gasteiger partial charge in [-0.15, -0.1) is 11.6 Å². The fourth-order valence-corrected chi connectivity index (χ4v) is 1.47. The summed E-state index contributed by atoms with van der Waals surface area (Å²) in [6.07, 6.45) is 0. The standard InChI is InChI=1S/C8H5Cl5/c9-6-3-1-5(2-4-6)7(10)8(11,12)13/h1-4,7H. The Morgan fingerprint density at radius 2 is 1.46 bits per heavy atom. The first-order valence-corrected chi connectivity index (χ1v) is 5.32. The third-order valence-corrected chi connectivity index (χ3v) is 3.27. The molecule has 0 aliphatic rings. The van der Waals surface area contributed by atoms with Crippen molar-refractivity contribution < 1.29 is 0 Å². The fraction of sp³-hybridized carbons (Fsp3) is 0.250. The summed E-state index contributed by atoms with van der Waals surface area (Å²) in [5, 5.41) is -0.0494. The van der Waals surface area contributed by atoms with Crippen LogP contribution in [-0.2, 0) is 0 Å². The first-order chi connectivity index (χ1) is 5.91. The Hall–Kier alpha value is 0.670. The minimum atomic E-state index is -1.50. The summed E-state index contributed by atoms with van der Waals surface area (Å²) in [4.78, 5) is 0. The largest absolute Gasteiger partial charge is 0.210 e. The summed E-state index contributed by atoms with van der Waals surface area (Å²) in [7, 11) is 0. The number of benzene rings is 1. The van der Waals surface area contributed by atoms with Crippen LogP contribution in [0, 0.1) is 0 Å². The summed E-state index contributed by atoms with van der Waals surface area (Å²) in [5.74, 6) is 0. The molecule has 72 valence electrons. The van der Waals surface area contributed by atoms with Crippen molar-refractivity contribution in [1.82, 2.24) is 0 Å². The molecule has 5 heteroatoms. The number of rotatable bonds is 1. The van der Waals surface area contributed by atoms with Gasteiger partial charge in [-0.25, -0.2) is 0 Å². The van der Waals surface area contributed by atoms with E-state index in [0.717, 1.165) is 5.56 Å². The molecular formula is C8H5Cl5. The van der Waals surface area contributed by atoms with Gasteiger partial charge in [-0.05, 0) is 17.7 Å². The number of alkyl halides is 4. The van der Waals surface area contributed by atoms with Crippen LogP contribution in [0.1, 0.15) is 10.9 Å². The molecule has 0 radical (unpaired) electrons. The molecule has 0 aliphatic carbocycles. The maximum atomic E-state index is 5.90. The quantitative estimate of drug-likeness (QED) is 0.635. The Morgan fingerprint density at radius 1 is 1.00 bits per heavy atom. The Balaban J connectivity index is 2.90. The lowest BCUT2D eigenvalue weighted by molar-refractivity contribution is 0.972. The molecule has 0 fully saturated rings. The topological polar surface area (TPSA) is 0 Å². The van der Waals surface area contributed by atoms with Crippen LogP contribution in [0.5, 0.6) is 0 Å². The van der Waals surface area contributed by atoms with Crippen molar-refractivity contribution in [2.45, 2.75) is 9.17 Å². The lowest BCUT2D eigenvalue weighted by Crippen LogP contribution is -2.10. The monoisotopic (exact) mass is 276 g/mol. The van der Waals surface area contributed by atoms with E-state index in [4.69, 9.17) is 58.0 Å². The molecule has 0 heterocycles. The van der Waals surface area contributed by atoms with Crippen LogP contribution in [-0.4, -0.2) is 3.79 Å². The van der Waals surface area contributed by atoms with Crippen molar-refractivity contribution in [2.75, 3.05) is 0 Å². The minimum absolute atomic E-state index is 0.622. The van der Waals surface area contributed by atoms with E-state index in [9.17, 15) is 0 Å². The Morgan fingerprint density at radius 3 is 1.85 bits per heavy atom.